The zero-order chi connectivity index (χ0) is 18.4. The van der Waals surface area contributed by atoms with Gasteiger partial charge in [-0.2, -0.15) is 0 Å². The molecule has 0 bridgehead atoms. The maximum atomic E-state index is 11.9. The molecule has 0 radical (unpaired) electrons. The number of hydrogen-bond donors (Lipinski definition) is 3. The van der Waals surface area contributed by atoms with Gasteiger partial charge in [-0.1, -0.05) is 28.2 Å². The summed E-state index contributed by atoms with van der Waals surface area (Å²) in [5.41, 5.74) is 2.85. The summed E-state index contributed by atoms with van der Waals surface area (Å²) in [4.78, 5) is 11.9. The first-order valence-electron chi connectivity index (χ1n) is 7.58. The summed E-state index contributed by atoms with van der Waals surface area (Å²) < 4.78 is 3.67. The second kappa shape index (κ2) is 8.70. The monoisotopic (exact) mass is 403 g/mol. The van der Waals surface area contributed by atoms with Crippen molar-refractivity contribution in [2.75, 3.05) is 10.6 Å². The Morgan fingerprint density at radius 3 is 2.31 bits per heavy atom. The van der Waals surface area contributed by atoms with Gasteiger partial charge in [0.15, 0.2) is 10.8 Å². The van der Waals surface area contributed by atoms with Gasteiger partial charge in [-0.25, -0.2) is 0 Å². The quantitative estimate of drug-likeness (QED) is 0.560. The third-order valence-corrected chi connectivity index (χ3v) is 4.36. The van der Waals surface area contributed by atoms with Crippen LogP contribution in [0.25, 0.3) is 0 Å². The minimum Gasteiger partial charge on any atom is -0.358 e. The van der Waals surface area contributed by atoms with Gasteiger partial charge >= 0.3 is 0 Å². The molecule has 1 aromatic heterocycles. The molecule has 0 saturated heterocycles. The molecule has 0 spiro atoms. The molecule has 0 fully saturated rings. The second-order valence-corrected chi connectivity index (χ2v) is 6.71. The highest BCUT2D eigenvalue weighted by Crippen LogP contribution is 2.15. The van der Waals surface area contributed by atoms with E-state index in [0.717, 1.165) is 22.8 Å². The van der Waals surface area contributed by atoms with E-state index < -0.39 is 0 Å². The third-order valence-electron chi connectivity index (χ3n) is 3.36. The Labute approximate surface area is 164 Å². The number of anilines is 2. The van der Waals surface area contributed by atoms with Crippen LogP contribution in [-0.2, 0) is 6.54 Å². The van der Waals surface area contributed by atoms with E-state index in [1.165, 1.54) is 0 Å². The lowest BCUT2D eigenvalue weighted by atomic mass is 10.2. The fraction of sp³-hybridized carbons (Fsp3) is 0.0588. The average molecular weight is 404 g/mol. The standard InChI is InChI=1S/C17H14ClN5OS2/c18-12-3-1-11(2-4-12)9-19-17(25)21-14-7-5-13(6-8-14)20-16(24)15-10-26-23-22-15/h1-8,10H,9H2,(H,20,24)(H2,19,21,25). The molecule has 3 rings (SSSR count). The van der Waals surface area contributed by atoms with E-state index in [4.69, 9.17) is 23.8 Å². The summed E-state index contributed by atoms with van der Waals surface area (Å²) in [6.07, 6.45) is 0. The number of amides is 1. The molecular weight excluding hydrogens is 390 g/mol. The van der Waals surface area contributed by atoms with E-state index >= 15 is 0 Å². The summed E-state index contributed by atoms with van der Waals surface area (Å²) in [6, 6.07) is 14.8. The Bertz CT molecular complexity index is 883. The molecule has 0 aliphatic heterocycles. The Kier molecular flexibility index (Phi) is 6.11. The topological polar surface area (TPSA) is 78.9 Å². The Balaban J connectivity index is 1.49. The first kappa shape index (κ1) is 18.2. The number of benzene rings is 2. The van der Waals surface area contributed by atoms with Gasteiger partial charge in [0.05, 0.1) is 0 Å². The zero-order valence-electron chi connectivity index (χ0n) is 13.4. The summed E-state index contributed by atoms with van der Waals surface area (Å²) >= 11 is 12.3. The summed E-state index contributed by atoms with van der Waals surface area (Å²) in [7, 11) is 0. The largest absolute Gasteiger partial charge is 0.358 e. The Hall–Kier alpha value is -2.55. The number of nitrogens with one attached hydrogen (secondary N) is 3. The number of carbonyl (C=O) groups is 1. The highest BCUT2D eigenvalue weighted by atomic mass is 35.5. The van der Waals surface area contributed by atoms with Gasteiger partial charge in [-0.15, -0.1) is 5.10 Å². The van der Waals surface area contributed by atoms with Crippen molar-refractivity contribution in [3.05, 3.63) is 70.2 Å². The molecule has 132 valence electrons. The van der Waals surface area contributed by atoms with E-state index in [1.807, 2.05) is 36.4 Å². The fourth-order valence-electron chi connectivity index (χ4n) is 2.06. The van der Waals surface area contributed by atoms with Gasteiger partial charge < -0.3 is 16.0 Å². The van der Waals surface area contributed by atoms with Crippen molar-refractivity contribution in [1.29, 1.82) is 0 Å². The van der Waals surface area contributed by atoms with Crippen LogP contribution in [0.3, 0.4) is 0 Å². The van der Waals surface area contributed by atoms with Crippen LogP contribution in [0.1, 0.15) is 16.1 Å². The van der Waals surface area contributed by atoms with Gasteiger partial charge in [0, 0.05) is 28.3 Å². The molecular formula is C17H14ClN5OS2. The zero-order valence-corrected chi connectivity index (χ0v) is 15.8. The lowest BCUT2D eigenvalue weighted by molar-refractivity contribution is 0.102. The van der Waals surface area contributed by atoms with E-state index in [2.05, 4.69) is 25.5 Å². The van der Waals surface area contributed by atoms with Gasteiger partial charge in [0.1, 0.15) is 0 Å². The van der Waals surface area contributed by atoms with Crippen LogP contribution in [0.5, 0.6) is 0 Å². The molecule has 0 unspecified atom stereocenters. The molecule has 0 aliphatic rings. The van der Waals surface area contributed by atoms with Crippen LogP contribution in [-0.4, -0.2) is 20.6 Å². The van der Waals surface area contributed by atoms with Crippen molar-refractivity contribution in [1.82, 2.24) is 14.9 Å². The number of aromatic nitrogens is 2. The van der Waals surface area contributed by atoms with Crippen LogP contribution in [0.15, 0.2) is 53.9 Å². The van der Waals surface area contributed by atoms with Crippen LogP contribution in [0.4, 0.5) is 11.4 Å². The van der Waals surface area contributed by atoms with Gasteiger partial charge in [-0.05, 0) is 65.7 Å². The smallest absolute Gasteiger partial charge is 0.277 e. The maximum Gasteiger partial charge on any atom is 0.277 e. The number of halogens is 1. The molecule has 0 aliphatic carbocycles. The normalized spacial score (nSPS) is 10.2. The number of thiocarbonyl (C=S) groups is 1. The SMILES string of the molecule is O=C(Nc1ccc(NC(=S)NCc2ccc(Cl)cc2)cc1)c1csnn1. The van der Waals surface area contributed by atoms with Crippen LogP contribution in [0.2, 0.25) is 5.02 Å². The molecule has 3 N–H and O–H groups in total. The van der Waals surface area contributed by atoms with Crippen LogP contribution >= 0.6 is 35.4 Å². The van der Waals surface area contributed by atoms with Gasteiger partial charge in [0.2, 0.25) is 0 Å². The predicted molar refractivity (Wildman–Crippen MR) is 109 cm³/mol. The maximum absolute atomic E-state index is 11.9. The number of hydrogen-bond acceptors (Lipinski definition) is 5. The van der Waals surface area contributed by atoms with E-state index in [0.29, 0.717) is 28.1 Å². The summed E-state index contributed by atoms with van der Waals surface area (Å²) in [5, 5.41) is 15.5. The molecule has 3 aromatic rings. The fourth-order valence-corrected chi connectivity index (χ4v) is 2.81. The van der Waals surface area contributed by atoms with Crippen molar-refractivity contribution in [2.45, 2.75) is 6.54 Å². The Morgan fingerprint density at radius 2 is 1.69 bits per heavy atom. The van der Waals surface area contributed by atoms with Crippen molar-refractivity contribution in [3.8, 4) is 0 Å². The molecule has 26 heavy (non-hydrogen) atoms. The molecule has 9 heteroatoms. The minimum atomic E-state index is -0.292. The number of rotatable bonds is 5. The minimum absolute atomic E-state index is 0.292. The molecule has 0 atom stereocenters. The highest BCUT2D eigenvalue weighted by Gasteiger charge is 2.08. The van der Waals surface area contributed by atoms with Crippen molar-refractivity contribution >= 4 is 57.7 Å². The Morgan fingerprint density at radius 1 is 1.04 bits per heavy atom. The summed E-state index contributed by atoms with van der Waals surface area (Å²) in [5.74, 6) is -0.292. The molecule has 1 heterocycles. The summed E-state index contributed by atoms with van der Waals surface area (Å²) in [6.45, 7) is 0.596. The lowest BCUT2D eigenvalue weighted by Gasteiger charge is -2.11. The van der Waals surface area contributed by atoms with Crippen molar-refractivity contribution < 1.29 is 4.79 Å². The molecule has 1 amide bonds. The van der Waals surface area contributed by atoms with Gasteiger partial charge in [0.25, 0.3) is 5.91 Å². The van der Waals surface area contributed by atoms with Crippen LogP contribution < -0.4 is 16.0 Å². The predicted octanol–water partition coefficient (Wildman–Crippen LogP) is 3.93. The van der Waals surface area contributed by atoms with E-state index in [-0.39, 0.29) is 5.91 Å². The first-order chi connectivity index (χ1) is 12.6. The average Bonchev–Trinajstić information content (AvgIpc) is 3.18. The third kappa shape index (κ3) is 5.22. The number of carbonyl (C=O) groups excluding carboxylic acids is 1. The van der Waals surface area contributed by atoms with Crippen LogP contribution in [0, 0.1) is 0 Å². The molecule has 0 saturated carbocycles. The second-order valence-electron chi connectivity index (χ2n) is 5.26. The van der Waals surface area contributed by atoms with Crippen molar-refractivity contribution in [2.24, 2.45) is 0 Å². The van der Waals surface area contributed by atoms with E-state index in [1.54, 1.807) is 17.5 Å². The van der Waals surface area contributed by atoms with Gasteiger partial charge in [-0.3, -0.25) is 4.79 Å². The first-order valence-corrected chi connectivity index (χ1v) is 9.20. The molecule has 6 nitrogen and oxygen atoms in total. The number of nitrogens with zero attached hydrogens (tertiary/aromatic N) is 2. The van der Waals surface area contributed by atoms with E-state index in [9.17, 15) is 4.79 Å². The highest BCUT2D eigenvalue weighted by molar-refractivity contribution is 7.80. The van der Waals surface area contributed by atoms with Crippen molar-refractivity contribution in [3.63, 3.8) is 0 Å². The lowest BCUT2D eigenvalue weighted by Crippen LogP contribution is -2.27. The molecule has 2 aromatic carbocycles.